The minimum absolute atomic E-state index is 0.00523. The van der Waals surface area contributed by atoms with Crippen LogP contribution in [0.15, 0.2) is 24.3 Å². The van der Waals surface area contributed by atoms with Crippen LogP contribution in [0.25, 0.3) is 0 Å². The fourth-order valence-electron chi connectivity index (χ4n) is 0.886. The van der Waals surface area contributed by atoms with Gasteiger partial charge in [-0.05, 0) is 5.56 Å². The molecule has 0 bridgehead atoms. The van der Waals surface area contributed by atoms with E-state index in [9.17, 15) is 14.5 Å². The molecule has 0 amide bonds. The zero-order valence-corrected chi connectivity index (χ0v) is 6.24. The lowest BCUT2D eigenvalue weighted by molar-refractivity contribution is -0.384. The Hall–Kier alpha value is -1.45. The Morgan fingerprint density at radius 2 is 2.33 bits per heavy atom. The molecule has 3 nitrogen and oxygen atoms in total. The molecule has 0 unspecified atom stereocenters. The molecule has 1 radical (unpaired) electrons. The Kier molecular flexibility index (Phi) is 2.74. The van der Waals surface area contributed by atoms with Gasteiger partial charge in [0, 0.05) is 18.6 Å². The molecule has 0 aliphatic carbocycles. The number of halogens is 1. The molecule has 0 aromatic heterocycles. The topological polar surface area (TPSA) is 43.1 Å². The summed E-state index contributed by atoms with van der Waals surface area (Å²) < 4.78 is 11.7. The average Bonchev–Trinajstić information content (AvgIpc) is 2.05. The summed E-state index contributed by atoms with van der Waals surface area (Å²) in [6, 6.07) is 5.91. The SMILES string of the molecule is O=[N+]([O-])c1cccc(C[CH]F)c1. The number of nitro groups is 1. The molecule has 63 valence electrons. The van der Waals surface area contributed by atoms with Gasteiger partial charge in [-0.25, -0.2) is 4.39 Å². The van der Waals surface area contributed by atoms with Crippen LogP contribution in [0, 0.1) is 16.8 Å². The third-order valence-electron chi connectivity index (χ3n) is 1.43. The quantitative estimate of drug-likeness (QED) is 0.513. The highest BCUT2D eigenvalue weighted by Gasteiger charge is 2.04. The predicted molar refractivity (Wildman–Crippen MR) is 42.2 cm³/mol. The second-order valence-corrected chi connectivity index (χ2v) is 2.29. The first-order valence-electron chi connectivity index (χ1n) is 3.39. The Balaban J connectivity index is 2.88. The van der Waals surface area contributed by atoms with Gasteiger partial charge in [0.1, 0.15) is 6.67 Å². The van der Waals surface area contributed by atoms with Crippen molar-refractivity contribution in [1.82, 2.24) is 0 Å². The van der Waals surface area contributed by atoms with Crippen molar-refractivity contribution >= 4 is 5.69 Å². The molecule has 12 heavy (non-hydrogen) atoms. The van der Waals surface area contributed by atoms with Gasteiger partial charge in [-0.15, -0.1) is 0 Å². The van der Waals surface area contributed by atoms with E-state index in [1.807, 2.05) is 0 Å². The fourth-order valence-corrected chi connectivity index (χ4v) is 0.886. The van der Waals surface area contributed by atoms with Gasteiger partial charge >= 0.3 is 0 Å². The lowest BCUT2D eigenvalue weighted by Crippen LogP contribution is -1.89. The summed E-state index contributed by atoms with van der Waals surface area (Å²) in [4.78, 5) is 9.76. The van der Waals surface area contributed by atoms with Crippen molar-refractivity contribution in [1.29, 1.82) is 0 Å². The first kappa shape index (κ1) is 8.64. The molecule has 1 aromatic rings. The number of hydrogen-bond acceptors (Lipinski definition) is 2. The zero-order valence-electron chi connectivity index (χ0n) is 6.24. The van der Waals surface area contributed by atoms with E-state index < -0.39 is 4.92 Å². The van der Waals surface area contributed by atoms with Crippen LogP contribution >= 0.6 is 0 Å². The molecule has 0 saturated heterocycles. The molecular weight excluding hydrogens is 161 g/mol. The minimum atomic E-state index is -0.498. The van der Waals surface area contributed by atoms with Crippen LogP contribution in [0.4, 0.5) is 10.1 Å². The molecule has 0 aliphatic heterocycles. The molecule has 0 fully saturated rings. The summed E-state index contributed by atoms with van der Waals surface area (Å²) >= 11 is 0. The molecule has 1 rings (SSSR count). The molecule has 0 heterocycles. The lowest BCUT2D eigenvalue weighted by atomic mass is 10.1. The van der Waals surface area contributed by atoms with Gasteiger partial charge in [0.25, 0.3) is 5.69 Å². The van der Waals surface area contributed by atoms with Gasteiger partial charge in [-0.3, -0.25) is 10.1 Å². The fraction of sp³-hybridized carbons (Fsp3) is 0.125. The first-order valence-corrected chi connectivity index (χ1v) is 3.39. The molecule has 1 aromatic carbocycles. The van der Waals surface area contributed by atoms with E-state index in [4.69, 9.17) is 0 Å². The Morgan fingerprint density at radius 3 is 2.92 bits per heavy atom. The number of benzene rings is 1. The minimum Gasteiger partial charge on any atom is -0.258 e. The van der Waals surface area contributed by atoms with E-state index in [1.165, 1.54) is 18.2 Å². The lowest BCUT2D eigenvalue weighted by Gasteiger charge is -1.95. The van der Waals surface area contributed by atoms with Crippen molar-refractivity contribution < 1.29 is 9.31 Å². The van der Waals surface area contributed by atoms with E-state index in [1.54, 1.807) is 6.07 Å². The summed E-state index contributed by atoms with van der Waals surface area (Å²) in [7, 11) is 0. The van der Waals surface area contributed by atoms with E-state index in [-0.39, 0.29) is 12.1 Å². The van der Waals surface area contributed by atoms with Crippen LogP contribution in [-0.2, 0) is 6.42 Å². The first-order chi connectivity index (χ1) is 5.74. The van der Waals surface area contributed by atoms with E-state index in [0.717, 1.165) is 0 Å². The van der Waals surface area contributed by atoms with Gasteiger partial charge < -0.3 is 0 Å². The van der Waals surface area contributed by atoms with Gasteiger partial charge in [0.2, 0.25) is 0 Å². The molecule has 0 aliphatic rings. The highest BCUT2D eigenvalue weighted by Crippen LogP contribution is 2.13. The van der Waals surface area contributed by atoms with Crippen LogP contribution in [0.2, 0.25) is 0 Å². The zero-order chi connectivity index (χ0) is 8.97. The second-order valence-electron chi connectivity index (χ2n) is 2.29. The van der Waals surface area contributed by atoms with Crippen LogP contribution in [0.1, 0.15) is 5.56 Å². The summed E-state index contributed by atoms with van der Waals surface area (Å²) in [5.41, 5.74) is 0.598. The van der Waals surface area contributed by atoms with Crippen LogP contribution in [-0.4, -0.2) is 4.92 Å². The standard InChI is InChI=1S/C8H7FNO2/c9-5-4-7-2-1-3-8(6-7)10(11)12/h1-3,5-6H,4H2. The molecule has 4 heteroatoms. The summed E-state index contributed by atoms with van der Waals surface area (Å²) in [6.45, 7) is 0.471. The molecule has 0 N–H and O–H groups in total. The molecule has 0 atom stereocenters. The Bertz CT molecular complexity index is 288. The van der Waals surface area contributed by atoms with Crippen molar-refractivity contribution in [2.75, 3.05) is 0 Å². The van der Waals surface area contributed by atoms with Crippen molar-refractivity contribution in [3.05, 3.63) is 46.6 Å². The highest BCUT2D eigenvalue weighted by atomic mass is 19.1. The smallest absolute Gasteiger partial charge is 0.258 e. The van der Waals surface area contributed by atoms with Crippen LogP contribution < -0.4 is 0 Å². The predicted octanol–water partition coefficient (Wildman–Crippen LogP) is 2.27. The molecular formula is C8H7FNO2. The summed E-state index contributed by atoms with van der Waals surface area (Å²) in [5.74, 6) is 0. The maximum absolute atomic E-state index is 11.7. The van der Waals surface area contributed by atoms with Crippen molar-refractivity contribution in [2.45, 2.75) is 6.42 Å². The Morgan fingerprint density at radius 1 is 1.58 bits per heavy atom. The van der Waals surface area contributed by atoms with Gasteiger partial charge in [0.15, 0.2) is 0 Å². The average molecular weight is 168 g/mol. The van der Waals surface area contributed by atoms with Crippen molar-refractivity contribution in [2.24, 2.45) is 0 Å². The van der Waals surface area contributed by atoms with E-state index >= 15 is 0 Å². The van der Waals surface area contributed by atoms with Gasteiger partial charge in [-0.2, -0.15) is 0 Å². The van der Waals surface area contributed by atoms with E-state index in [0.29, 0.717) is 12.2 Å². The Labute approximate surface area is 69.0 Å². The number of hydrogen-bond donors (Lipinski definition) is 0. The van der Waals surface area contributed by atoms with E-state index in [2.05, 4.69) is 0 Å². The van der Waals surface area contributed by atoms with Gasteiger partial charge in [-0.1, -0.05) is 12.1 Å². The third-order valence-corrected chi connectivity index (χ3v) is 1.43. The second kappa shape index (κ2) is 3.80. The molecule has 0 saturated carbocycles. The van der Waals surface area contributed by atoms with Crippen molar-refractivity contribution in [3.63, 3.8) is 0 Å². The van der Waals surface area contributed by atoms with Gasteiger partial charge in [0.05, 0.1) is 4.92 Å². The summed E-state index contributed by atoms with van der Waals surface area (Å²) in [6.07, 6.45) is 0.113. The largest absolute Gasteiger partial charge is 0.269 e. The number of rotatable bonds is 3. The number of nitro benzene ring substituents is 1. The third kappa shape index (κ3) is 2.02. The number of nitrogens with zero attached hydrogens (tertiary/aromatic N) is 1. The maximum Gasteiger partial charge on any atom is 0.269 e. The normalized spacial score (nSPS) is 9.75. The molecule has 0 spiro atoms. The summed E-state index contributed by atoms with van der Waals surface area (Å²) in [5, 5.41) is 10.3. The maximum atomic E-state index is 11.7. The van der Waals surface area contributed by atoms with Crippen LogP contribution in [0.3, 0.4) is 0 Å². The monoisotopic (exact) mass is 168 g/mol. The van der Waals surface area contributed by atoms with Crippen LogP contribution in [0.5, 0.6) is 0 Å². The number of non-ortho nitro benzene ring substituents is 1. The van der Waals surface area contributed by atoms with Crippen molar-refractivity contribution in [3.8, 4) is 0 Å². The highest BCUT2D eigenvalue weighted by molar-refractivity contribution is 5.34.